The van der Waals surface area contributed by atoms with E-state index in [1.54, 1.807) is 36.0 Å². The number of hydrogen-bond donors (Lipinski definition) is 1. The standard InChI is InChI=1S/C15H12FN7S/c1-17-14-12(21-24-22-14)15-19-11-6-2-5-10(16)13(11)23(15)8-9-4-3-7-18-20-9/h2-7H,8H2,1H3,(H,17,22). The summed E-state index contributed by atoms with van der Waals surface area (Å²) < 4.78 is 24.7. The number of nitrogens with one attached hydrogen (secondary N) is 1. The smallest absolute Gasteiger partial charge is 0.171 e. The van der Waals surface area contributed by atoms with E-state index in [2.05, 4.69) is 29.2 Å². The summed E-state index contributed by atoms with van der Waals surface area (Å²) in [7, 11) is 1.76. The van der Waals surface area contributed by atoms with Crippen molar-refractivity contribution in [2.75, 3.05) is 12.4 Å². The van der Waals surface area contributed by atoms with Gasteiger partial charge in [0.1, 0.15) is 11.3 Å². The lowest BCUT2D eigenvalue weighted by atomic mass is 10.3. The minimum absolute atomic E-state index is 0.335. The minimum Gasteiger partial charge on any atom is -0.370 e. The molecule has 0 spiro atoms. The maximum absolute atomic E-state index is 14.4. The number of imidazole rings is 1. The van der Waals surface area contributed by atoms with Crippen LogP contribution in [0.4, 0.5) is 10.2 Å². The van der Waals surface area contributed by atoms with Gasteiger partial charge in [-0.05, 0) is 24.3 Å². The van der Waals surface area contributed by atoms with Gasteiger partial charge in [-0.1, -0.05) is 6.07 Å². The number of benzene rings is 1. The molecule has 7 nitrogen and oxygen atoms in total. The van der Waals surface area contributed by atoms with Gasteiger partial charge in [-0.25, -0.2) is 9.37 Å². The molecule has 0 aliphatic heterocycles. The van der Waals surface area contributed by atoms with Gasteiger partial charge in [0, 0.05) is 13.2 Å². The zero-order valence-electron chi connectivity index (χ0n) is 12.6. The molecule has 0 bridgehead atoms. The van der Waals surface area contributed by atoms with Gasteiger partial charge in [0.05, 0.1) is 29.5 Å². The Hall–Kier alpha value is -2.94. The van der Waals surface area contributed by atoms with E-state index in [9.17, 15) is 4.39 Å². The van der Waals surface area contributed by atoms with E-state index in [0.29, 0.717) is 40.6 Å². The topological polar surface area (TPSA) is 81.4 Å². The molecule has 0 saturated carbocycles. The fourth-order valence-electron chi connectivity index (χ4n) is 2.56. The third kappa shape index (κ3) is 2.38. The molecule has 120 valence electrons. The Bertz CT molecular complexity index is 996. The van der Waals surface area contributed by atoms with Crippen LogP contribution in [0.1, 0.15) is 5.69 Å². The molecule has 1 N–H and O–H groups in total. The fraction of sp³-hybridized carbons (Fsp3) is 0.133. The van der Waals surface area contributed by atoms with Crippen LogP contribution in [0.2, 0.25) is 0 Å². The number of nitrogens with zero attached hydrogens (tertiary/aromatic N) is 6. The highest BCUT2D eigenvalue weighted by atomic mass is 32.1. The van der Waals surface area contributed by atoms with E-state index in [0.717, 1.165) is 11.7 Å². The molecule has 0 fully saturated rings. The average molecular weight is 341 g/mol. The lowest BCUT2D eigenvalue weighted by Gasteiger charge is -2.08. The van der Waals surface area contributed by atoms with Crippen molar-refractivity contribution < 1.29 is 4.39 Å². The van der Waals surface area contributed by atoms with Gasteiger partial charge in [-0.3, -0.25) is 0 Å². The third-order valence-corrected chi connectivity index (χ3v) is 4.13. The van der Waals surface area contributed by atoms with Crippen molar-refractivity contribution >= 4 is 28.6 Å². The van der Waals surface area contributed by atoms with Crippen LogP contribution in [-0.2, 0) is 6.54 Å². The average Bonchev–Trinajstić information content (AvgIpc) is 3.21. The van der Waals surface area contributed by atoms with Crippen LogP contribution in [-0.4, -0.2) is 35.5 Å². The Morgan fingerprint density at radius 3 is 2.92 bits per heavy atom. The normalized spacial score (nSPS) is 11.1. The first kappa shape index (κ1) is 14.6. The molecule has 0 atom stereocenters. The van der Waals surface area contributed by atoms with E-state index in [1.807, 2.05) is 6.07 Å². The van der Waals surface area contributed by atoms with Crippen molar-refractivity contribution in [1.29, 1.82) is 0 Å². The Labute approximate surface area is 140 Å². The van der Waals surface area contributed by atoms with Gasteiger partial charge >= 0.3 is 0 Å². The van der Waals surface area contributed by atoms with Crippen LogP contribution in [0.25, 0.3) is 22.6 Å². The zero-order chi connectivity index (χ0) is 16.5. The van der Waals surface area contributed by atoms with Gasteiger partial charge < -0.3 is 9.88 Å². The summed E-state index contributed by atoms with van der Waals surface area (Å²) in [4.78, 5) is 4.56. The second-order valence-corrected chi connectivity index (χ2v) is 5.58. The number of hydrogen-bond acceptors (Lipinski definition) is 7. The van der Waals surface area contributed by atoms with Gasteiger partial charge in [0.25, 0.3) is 0 Å². The van der Waals surface area contributed by atoms with Crippen LogP contribution in [0.3, 0.4) is 0 Å². The molecule has 0 radical (unpaired) electrons. The molecule has 4 rings (SSSR count). The highest BCUT2D eigenvalue weighted by Crippen LogP contribution is 2.30. The molecule has 0 saturated heterocycles. The molecule has 3 aromatic heterocycles. The van der Waals surface area contributed by atoms with Crippen LogP contribution >= 0.6 is 11.7 Å². The summed E-state index contributed by atoms with van der Waals surface area (Å²) in [6.45, 7) is 0.335. The van der Waals surface area contributed by atoms with Crippen molar-refractivity contribution in [2.45, 2.75) is 6.54 Å². The highest BCUT2D eigenvalue weighted by Gasteiger charge is 2.21. The zero-order valence-corrected chi connectivity index (χ0v) is 13.5. The van der Waals surface area contributed by atoms with Crippen LogP contribution in [0, 0.1) is 5.82 Å². The summed E-state index contributed by atoms with van der Waals surface area (Å²) in [6.07, 6.45) is 1.60. The molecular weight excluding hydrogens is 329 g/mol. The lowest BCUT2D eigenvalue weighted by molar-refractivity contribution is 0.627. The molecular formula is C15H12FN7S. The Balaban J connectivity index is 1.96. The number of fused-ring (bicyclic) bond motifs is 1. The molecule has 3 heterocycles. The van der Waals surface area contributed by atoms with Crippen molar-refractivity contribution in [1.82, 2.24) is 28.5 Å². The SMILES string of the molecule is CNc1nsnc1-c1nc2cccc(F)c2n1Cc1cccnn1. The van der Waals surface area contributed by atoms with Crippen molar-refractivity contribution in [3.8, 4) is 11.5 Å². The molecule has 0 aliphatic carbocycles. The van der Waals surface area contributed by atoms with Gasteiger partial charge in [0.15, 0.2) is 17.3 Å². The summed E-state index contributed by atoms with van der Waals surface area (Å²) in [5, 5.41) is 10.9. The van der Waals surface area contributed by atoms with E-state index < -0.39 is 0 Å². The van der Waals surface area contributed by atoms with Gasteiger partial charge in [-0.2, -0.15) is 18.9 Å². The third-order valence-electron chi connectivity index (χ3n) is 3.60. The van der Waals surface area contributed by atoms with Crippen LogP contribution in [0.5, 0.6) is 0 Å². The second kappa shape index (κ2) is 5.93. The molecule has 24 heavy (non-hydrogen) atoms. The monoisotopic (exact) mass is 341 g/mol. The molecule has 1 aromatic carbocycles. The van der Waals surface area contributed by atoms with Crippen LogP contribution in [0.15, 0.2) is 36.5 Å². The number of anilines is 1. The van der Waals surface area contributed by atoms with E-state index in [1.165, 1.54) is 6.07 Å². The summed E-state index contributed by atoms with van der Waals surface area (Å²) in [5.41, 5.74) is 2.26. The largest absolute Gasteiger partial charge is 0.370 e. The van der Waals surface area contributed by atoms with Crippen molar-refractivity contribution in [2.24, 2.45) is 0 Å². The fourth-order valence-corrected chi connectivity index (χ4v) is 3.11. The van der Waals surface area contributed by atoms with Crippen molar-refractivity contribution in [3.05, 3.63) is 48.0 Å². The van der Waals surface area contributed by atoms with Crippen LogP contribution < -0.4 is 5.32 Å². The number of para-hydroxylation sites is 1. The lowest BCUT2D eigenvalue weighted by Crippen LogP contribution is -2.06. The molecule has 4 aromatic rings. The number of rotatable bonds is 4. The first-order chi connectivity index (χ1) is 11.8. The van der Waals surface area contributed by atoms with Gasteiger partial charge in [0.2, 0.25) is 0 Å². The van der Waals surface area contributed by atoms with Gasteiger partial charge in [-0.15, -0.1) is 0 Å². The molecule has 0 amide bonds. The Kier molecular flexibility index (Phi) is 3.62. The Morgan fingerprint density at radius 1 is 1.21 bits per heavy atom. The predicted octanol–water partition coefficient (Wildman–Crippen LogP) is 2.57. The maximum atomic E-state index is 14.4. The quantitative estimate of drug-likeness (QED) is 0.614. The predicted molar refractivity (Wildman–Crippen MR) is 89.3 cm³/mol. The summed E-state index contributed by atoms with van der Waals surface area (Å²) in [6, 6.07) is 8.45. The van der Waals surface area contributed by atoms with E-state index in [4.69, 9.17) is 0 Å². The molecule has 0 unspecified atom stereocenters. The maximum Gasteiger partial charge on any atom is 0.171 e. The highest BCUT2D eigenvalue weighted by molar-refractivity contribution is 6.99. The molecule has 0 aliphatic rings. The van der Waals surface area contributed by atoms with E-state index >= 15 is 0 Å². The number of aromatic nitrogens is 6. The van der Waals surface area contributed by atoms with E-state index in [-0.39, 0.29) is 5.82 Å². The number of halogens is 1. The first-order valence-electron chi connectivity index (χ1n) is 7.20. The minimum atomic E-state index is -0.343. The Morgan fingerprint density at radius 2 is 2.12 bits per heavy atom. The second-order valence-electron chi connectivity index (χ2n) is 5.06. The summed E-state index contributed by atoms with van der Waals surface area (Å²) >= 11 is 1.08. The van der Waals surface area contributed by atoms with Crippen molar-refractivity contribution in [3.63, 3.8) is 0 Å². The molecule has 9 heteroatoms. The first-order valence-corrected chi connectivity index (χ1v) is 7.93. The summed E-state index contributed by atoms with van der Waals surface area (Å²) in [5.74, 6) is 0.805.